The van der Waals surface area contributed by atoms with Crippen molar-refractivity contribution in [2.24, 2.45) is 0 Å². The molecule has 2 atom stereocenters. The van der Waals surface area contributed by atoms with Crippen molar-refractivity contribution in [2.75, 3.05) is 41.2 Å². The van der Waals surface area contributed by atoms with Crippen molar-refractivity contribution in [1.82, 2.24) is 0 Å². The zero-order valence-corrected chi connectivity index (χ0v) is 21.6. The first-order chi connectivity index (χ1) is 18.4. The number of methoxy groups -OCH3 is 3. The van der Waals surface area contributed by atoms with Gasteiger partial charge in [0.05, 0.1) is 40.6 Å². The van der Waals surface area contributed by atoms with Gasteiger partial charge in [-0.3, -0.25) is 0 Å². The SMILES string of the molecule is COc1cc([C@@H]2COc3cc(O)c4c(c3[C@H]2O)CCc2c(OC)cc(OCCCO)cc2-4)cc(OC)c1O. The van der Waals surface area contributed by atoms with Gasteiger partial charge in [-0.05, 0) is 47.7 Å². The Morgan fingerprint density at radius 2 is 1.58 bits per heavy atom. The van der Waals surface area contributed by atoms with Gasteiger partial charge in [-0.15, -0.1) is 0 Å². The maximum absolute atomic E-state index is 11.7. The second kappa shape index (κ2) is 10.5. The van der Waals surface area contributed by atoms with Crippen molar-refractivity contribution < 1.29 is 44.1 Å². The summed E-state index contributed by atoms with van der Waals surface area (Å²) in [5.74, 6) is 1.60. The molecule has 9 nitrogen and oxygen atoms in total. The summed E-state index contributed by atoms with van der Waals surface area (Å²) in [5.41, 5.74) is 4.44. The van der Waals surface area contributed by atoms with Crippen molar-refractivity contribution in [3.63, 3.8) is 0 Å². The van der Waals surface area contributed by atoms with Crippen molar-refractivity contribution in [2.45, 2.75) is 31.3 Å². The lowest BCUT2D eigenvalue weighted by Crippen LogP contribution is -2.26. The second-order valence-electron chi connectivity index (χ2n) is 9.37. The van der Waals surface area contributed by atoms with E-state index in [4.69, 9.17) is 28.8 Å². The van der Waals surface area contributed by atoms with Gasteiger partial charge >= 0.3 is 0 Å². The molecule has 0 bridgehead atoms. The van der Waals surface area contributed by atoms with Crippen LogP contribution in [-0.2, 0) is 12.8 Å². The summed E-state index contributed by atoms with van der Waals surface area (Å²) < 4.78 is 28.2. The van der Waals surface area contributed by atoms with Crippen molar-refractivity contribution >= 4 is 0 Å². The molecule has 2 aliphatic rings. The van der Waals surface area contributed by atoms with Crippen molar-refractivity contribution in [3.8, 4) is 51.4 Å². The maximum atomic E-state index is 11.7. The molecular formula is C29H32O9. The molecule has 202 valence electrons. The molecule has 0 unspecified atom stereocenters. The Labute approximate surface area is 220 Å². The molecule has 3 aromatic rings. The normalized spacial score (nSPS) is 17.5. The Kier molecular flexibility index (Phi) is 7.14. The highest BCUT2D eigenvalue weighted by Gasteiger charge is 2.37. The van der Waals surface area contributed by atoms with Gasteiger partial charge in [-0.1, -0.05) is 0 Å². The van der Waals surface area contributed by atoms with Gasteiger partial charge < -0.3 is 44.1 Å². The van der Waals surface area contributed by atoms with E-state index in [9.17, 15) is 15.3 Å². The van der Waals surface area contributed by atoms with Crippen LogP contribution in [0.15, 0.2) is 30.3 Å². The zero-order valence-electron chi connectivity index (χ0n) is 21.6. The Morgan fingerprint density at radius 1 is 0.895 bits per heavy atom. The number of aromatic hydroxyl groups is 2. The summed E-state index contributed by atoms with van der Waals surface area (Å²) >= 11 is 0. The van der Waals surface area contributed by atoms with E-state index in [1.807, 2.05) is 12.1 Å². The fourth-order valence-electron chi connectivity index (χ4n) is 5.47. The number of rotatable bonds is 8. The summed E-state index contributed by atoms with van der Waals surface area (Å²) in [5, 5.41) is 42.3. The van der Waals surface area contributed by atoms with Gasteiger partial charge in [-0.2, -0.15) is 0 Å². The largest absolute Gasteiger partial charge is 0.507 e. The van der Waals surface area contributed by atoms with Gasteiger partial charge in [0.2, 0.25) is 5.75 Å². The Morgan fingerprint density at radius 3 is 2.24 bits per heavy atom. The first-order valence-electron chi connectivity index (χ1n) is 12.5. The van der Waals surface area contributed by atoms with Gasteiger partial charge in [0.15, 0.2) is 11.5 Å². The lowest BCUT2D eigenvalue weighted by molar-refractivity contribution is 0.0875. The van der Waals surface area contributed by atoms with Crippen molar-refractivity contribution in [3.05, 3.63) is 52.6 Å². The number of benzene rings is 3. The van der Waals surface area contributed by atoms with Gasteiger partial charge in [0, 0.05) is 47.8 Å². The number of fused-ring (bicyclic) bond motifs is 5. The molecule has 5 rings (SSSR count). The predicted octanol–water partition coefficient (Wildman–Crippen LogP) is 3.86. The minimum absolute atomic E-state index is 0.0235. The Balaban J connectivity index is 1.61. The number of aliphatic hydroxyl groups excluding tert-OH is 2. The van der Waals surface area contributed by atoms with E-state index in [-0.39, 0.29) is 36.2 Å². The topological polar surface area (TPSA) is 127 Å². The molecule has 0 aromatic heterocycles. The predicted molar refractivity (Wildman–Crippen MR) is 139 cm³/mol. The Hall–Kier alpha value is -3.82. The summed E-state index contributed by atoms with van der Waals surface area (Å²) in [6.07, 6.45) is 0.748. The molecule has 0 fully saturated rings. The van der Waals surface area contributed by atoms with E-state index >= 15 is 0 Å². The molecule has 0 saturated heterocycles. The van der Waals surface area contributed by atoms with Crippen LogP contribution in [0.1, 0.15) is 40.7 Å². The minimum Gasteiger partial charge on any atom is -0.507 e. The Bertz CT molecular complexity index is 1330. The monoisotopic (exact) mass is 524 g/mol. The van der Waals surface area contributed by atoms with E-state index in [2.05, 4.69) is 0 Å². The van der Waals surface area contributed by atoms with E-state index in [1.165, 1.54) is 14.2 Å². The molecule has 4 N–H and O–H groups in total. The van der Waals surface area contributed by atoms with Crippen LogP contribution in [0.4, 0.5) is 0 Å². The van der Waals surface area contributed by atoms with Crippen LogP contribution in [0.2, 0.25) is 0 Å². The summed E-state index contributed by atoms with van der Waals surface area (Å²) in [7, 11) is 4.50. The first-order valence-corrected chi connectivity index (χ1v) is 12.5. The van der Waals surface area contributed by atoms with E-state index in [0.717, 1.165) is 16.7 Å². The molecule has 0 spiro atoms. The molecule has 0 amide bonds. The third kappa shape index (κ3) is 4.31. The summed E-state index contributed by atoms with van der Waals surface area (Å²) in [6.45, 7) is 0.529. The fourth-order valence-corrected chi connectivity index (χ4v) is 5.47. The molecule has 1 aliphatic carbocycles. The zero-order chi connectivity index (χ0) is 27.0. The number of hydrogen-bond acceptors (Lipinski definition) is 9. The molecule has 1 aliphatic heterocycles. The summed E-state index contributed by atoms with van der Waals surface area (Å²) in [6, 6.07) is 8.57. The minimum atomic E-state index is -0.945. The van der Waals surface area contributed by atoms with Crippen LogP contribution < -0.4 is 23.7 Å². The number of ether oxygens (including phenoxy) is 5. The van der Waals surface area contributed by atoms with Gasteiger partial charge in [-0.25, -0.2) is 0 Å². The quantitative estimate of drug-likeness (QED) is 0.325. The van der Waals surface area contributed by atoms with Crippen LogP contribution in [0.5, 0.6) is 40.2 Å². The molecule has 38 heavy (non-hydrogen) atoms. The third-order valence-corrected chi connectivity index (χ3v) is 7.31. The highest BCUT2D eigenvalue weighted by Crippen LogP contribution is 2.53. The van der Waals surface area contributed by atoms with Crippen LogP contribution in [-0.4, -0.2) is 61.6 Å². The number of phenols is 2. The van der Waals surface area contributed by atoms with Crippen LogP contribution in [0.25, 0.3) is 11.1 Å². The lowest BCUT2D eigenvalue weighted by Gasteiger charge is -2.35. The average Bonchev–Trinajstić information content (AvgIpc) is 2.92. The first kappa shape index (κ1) is 25.8. The molecule has 0 saturated carbocycles. The maximum Gasteiger partial charge on any atom is 0.200 e. The van der Waals surface area contributed by atoms with Gasteiger partial charge in [0.1, 0.15) is 23.0 Å². The molecule has 1 heterocycles. The van der Waals surface area contributed by atoms with Crippen LogP contribution >= 0.6 is 0 Å². The van der Waals surface area contributed by atoms with Crippen molar-refractivity contribution in [1.29, 1.82) is 0 Å². The standard InChI is InChI=1S/C29H32O9/c1-34-22-12-16(37-8-4-7-30)11-19-17(22)5-6-18-26(19)21(31)13-23-27(18)28(32)20(14-38-23)15-9-24(35-2)29(33)25(10-15)36-3/h9-13,20,28,30-33H,4-8,14H2,1-3H3/t20-,28-/m0/s1. The summed E-state index contributed by atoms with van der Waals surface area (Å²) in [4.78, 5) is 0. The van der Waals surface area contributed by atoms with E-state index < -0.39 is 12.0 Å². The molecule has 0 radical (unpaired) electrons. The van der Waals surface area contributed by atoms with E-state index in [1.54, 1.807) is 25.3 Å². The highest BCUT2D eigenvalue weighted by molar-refractivity contribution is 5.84. The highest BCUT2D eigenvalue weighted by atomic mass is 16.5. The fraction of sp³-hybridized carbons (Fsp3) is 0.379. The second-order valence-corrected chi connectivity index (χ2v) is 9.37. The van der Waals surface area contributed by atoms with Gasteiger partial charge in [0.25, 0.3) is 0 Å². The average molecular weight is 525 g/mol. The molecule has 9 heteroatoms. The van der Waals surface area contributed by atoms with Crippen LogP contribution in [0, 0.1) is 0 Å². The number of hydrogen-bond donors (Lipinski definition) is 4. The van der Waals surface area contributed by atoms with E-state index in [0.29, 0.717) is 59.8 Å². The number of aliphatic hydroxyl groups is 2. The molecular weight excluding hydrogens is 492 g/mol. The molecule has 3 aromatic carbocycles. The number of phenolic OH excluding ortho intramolecular Hbond substituents is 2. The third-order valence-electron chi connectivity index (χ3n) is 7.31. The smallest absolute Gasteiger partial charge is 0.200 e. The van der Waals surface area contributed by atoms with Crippen LogP contribution in [0.3, 0.4) is 0 Å². The lowest BCUT2D eigenvalue weighted by atomic mass is 9.77.